The summed E-state index contributed by atoms with van der Waals surface area (Å²) >= 11 is 0. The third kappa shape index (κ3) is 2.40. The monoisotopic (exact) mass is 262 g/mol. The fraction of sp³-hybridized carbons (Fsp3) is 0.643. The van der Waals surface area contributed by atoms with Gasteiger partial charge in [0.2, 0.25) is 0 Å². The number of ether oxygens (including phenoxy) is 1. The molecule has 3 heterocycles. The quantitative estimate of drug-likeness (QED) is 0.860. The van der Waals surface area contributed by atoms with Crippen molar-refractivity contribution in [2.24, 2.45) is 0 Å². The van der Waals surface area contributed by atoms with Gasteiger partial charge < -0.3 is 15.4 Å². The minimum absolute atomic E-state index is 0.481. The molecular weight excluding hydrogens is 240 g/mol. The summed E-state index contributed by atoms with van der Waals surface area (Å²) in [6.07, 6.45) is 1.88. The lowest BCUT2D eigenvalue weighted by molar-refractivity contribution is -0.0726. The van der Waals surface area contributed by atoms with E-state index in [4.69, 9.17) is 10.5 Å². The van der Waals surface area contributed by atoms with Gasteiger partial charge in [-0.05, 0) is 26.0 Å². The lowest BCUT2D eigenvalue weighted by Crippen LogP contribution is -2.62. The van der Waals surface area contributed by atoms with E-state index in [1.165, 1.54) is 5.69 Å². The molecule has 19 heavy (non-hydrogen) atoms. The predicted octanol–water partition coefficient (Wildman–Crippen LogP) is 0.962. The van der Waals surface area contributed by atoms with Crippen molar-refractivity contribution in [3.63, 3.8) is 0 Å². The zero-order valence-corrected chi connectivity index (χ0v) is 11.6. The van der Waals surface area contributed by atoms with Crippen molar-refractivity contribution in [2.45, 2.75) is 32.0 Å². The van der Waals surface area contributed by atoms with Gasteiger partial charge in [0.25, 0.3) is 0 Å². The van der Waals surface area contributed by atoms with E-state index in [1.54, 1.807) is 0 Å². The molecule has 2 saturated heterocycles. The molecule has 2 N–H and O–H groups in total. The van der Waals surface area contributed by atoms with Gasteiger partial charge in [-0.1, -0.05) is 0 Å². The van der Waals surface area contributed by atoms with Gasteiger partial charge >= 0.3 is 0 Å². The third-order valence-electron chi connectivity index (χ3n) is 4.15. The molecule has 0 spiro atoms. The van der Waals surface area contributed by atoms with Gasteiger partial charge in [-0.2, -0.15) is 0 Å². The lowest BCUT2D eigenvalue weighted by atomic mass is 10.0. The highest BCUT2D eigenvalue weighted by Crippen LogP contribution is 2.26. The number of aromatic nitrogens is 1. The van der Waals surface area contributed by atoms with Crippen LogP contribution in [0.3, 0.4) is 0 Å². The number of pyridine rings is 1. The van der Waals surface area contributed by atoms with E-state index in [2.05, 4.69) is 34.7 Å². The normalized spacial score (nSPS) is 29.3. The molecule has 2 fully saturated rings. The van der Waals surface area contributed by atoms with E-state index in [0.29, 0.717) is 23.9 Å². The number of hydrogen-bond donors (Lipinski definition) is 1. The first-order valence-corrected chi connectivity index (χ1v) is 6.97. The maximum atomic E-state index is 5.66. The maximum absolute atomic E-state index is 5.66. The molecule has 0 amide bonds. The van der Waals surface area contributed by atoms with Gasteiger partial charge in [-0.25, -0.2) is 4.98 Å². The van der Waals surface area contributed by atoms with Gasteiger partial charge in [0.15, 0.2) is 0 Å². The van der Waals surface area contributed by atoms with Crippen molar-refractivity contribution in [1.82, 2.24) is 9.88 Å². The fourth-order valence-corrected chi connectivity index (χ4v) is 3.16. The summed E-state index contributed by atoms with van der Waals surface area (Å²) in [7, 11) is 0. The second-order valence-corrected chi connectivity index (χ2v) is 5.69. The first-order chi connectivity index (χ1) is 9.15. The highest BCUT2D eigenvalue weighted by atomic mass is 16.5. The summed E-state index contributed by atoms with van der Waals surface area (Å²) in [5.41, 5.74) is 6.83. The van der Waals surface area contributed by atoms with Crippen LogP contribution in [0.15, 0.2) is 18.3 Å². The van der Waals surface area contributed by atoms with Crippen molar-refractivity contribution in [2.75, 3.05) is 36.9 Å². The number of rotatable bonds is 2. The molecule has 3 rings (SSSR count). The van der Waals surface area contributed by atoms with Crippen LogP contribution in [0.25, 0.3) is 0 Å². The van der Waals surface area contributed by atoms with E-state index < -0.39 is 0 Å². The van der Waals surface area contributed by atoms with Crippen LogP contribution in [-0.4, -0.2) is 54.3 Å². The van der Waals surface area contributed by atoms with E-state index in [-0.39, 0.29) is 0 Å². The Labute approximate surface area is 114 Å². The summed E-state index contributed by atoms with van der Waals surface area (Å²) in [6.45, 7) is 8.51. The molecule has 0 radical (unpaired) electrons. The molecule has 5 heteroatoms. The first-order valence-electron chi connectivity index (χ1n) is 6.97. The summed E-state index contributed by atoms with van der Waals surface area (Å²) in [4.78, 5) is 9.21. The Morgan fingerprint density at radius 2 is 1.89 bits per heavy atom. The molecule has 0 bridgehead atoms. The highest BCUT2D eigenvalue weighted by Gasteiger charge is 2.35. The molecule has 2 aliphatic heterocycles. The van der Waals surface area contributed by atoms with Crippen molar-refractivity contribution >= 4 is 11.5 Å². The van der Waals surface area contributed by atoms with Crippen molar-refractivity contribution in [3.8, 4) is 0 Å². The highest BCUT2D eigenvalue weighted by molar-refractivity contribution is 5.50. The molecule has 2 unspecified atom stereocenters. The SMILES string of the molecule is CC1CN(C2COC2)CC(C)N1c1ccc(N)nc1. The summed E-state index contributed by atoms with van der Waals surface area (Å²) in [5, 5.41) is 0. The van der Waals surface area contributed by atoms with E-state index in [1.807, 2.05) is 12.3 Å². The zero-order valence-electron chi connectivity index (χ0n) is 11.6. The topological polar surface area (TPSA) is 54.6 Å². The Kier molecular flexibility index (Phi) is 3.33. The average Bonchev–Trinajstić information content (AvgIpc) is 2.28. The third-order valence-corrected chi connectivity index (χ3v) is 4.15. The van der Waals surface area contributed by atoms with Crippen LogP contribution < -0.4 is 10.6 Å². The molecule has 5 nitrogen and oxygen atoms in total. The number of piperazine rings is 1. The zero-order chi connectivity index (χ0) is 13.4. The molecule has 0 saturated carbocycles. The number of hydrogen-bond acceptors (Lipinski definition) is 5. The second-order valence-electron chi connectivity index (χ2n) is 5.69. The number of anilines is 2. The summed E-state index contributed by atoms with van der Waals surface area (Å²) < 4.78 is 5.30. The van der Waals surface area contributed by atoms with E-state index in [0.717, 1.165) is 26.3 Å². The molecular formula is C14H22N4O. The second kappa shape index (κ2) is 4.98. The Morgan fingerprint density at radius 3 is 2.37 bits per heavy atom. The van der Waals surface area contributed by atoms with Crippen LogP contribution >= 0.6 is 0 Å². The van der Waals surface area contributed by atoms with E-state index in [9.17, 15) is 0 Å². The van der Waals surface area contributed by atoms with Crippen molar-refractivity contribution in [1.29, 1.82) is 0 Å². The minimum atomic E-state index is 0.481. The summed E-state index contributed by atoms with van der Waals surface area (Å²) in [5.74, 6) is 0.578. The molecule has 1 aromatic heterocycles. The average molecular weight is 262 g/mol. The van der Waals surface area contributed by atoms with Gasteiger partial charge in [0.1, 0.15) is 5.82 Å². The van der Waals surface area contributed by atoms with Crippen molar-refractivity contribution in [3.05, 3.63) is 18.3 Å². The molecule has 1 aromatic rings. The fourth-order valence-electron chi connectivity index (χ4n) is 3.16. The van der Waals surface area contributed by atoms with Crippen LogP contribution in [0.1, 0.15) is 13.8 Å². The maximum Gasteiger partial charge on any atom is 0.123 e. The number of nitrogens with two attached hydrogens (primary N) is 1. The lowest BCUT2D eigenvalue weighted by Gasteiger charge is -2.49. The predicted molar refractivity (Wildman–Crippen MR) is 76.2 cm³/mol. The van der Waals surface area contributed by atoms with Crippen LogP contribution in [0.2, 0.25) is 0 Å². The molecule has 2 aliphatic rings. The Bertz CT molecular complexity index is 420. The van der Waals surface area contributed by atoms with Gasteiger partial charge in [0, 0.05) is 25.2 Å². The van der Waals surface area contributed by atoms with Crippen LogP contribution in [-0.2, 0) is 4.74 Å². The van der Waals surface area contributed by atoms with Gasteiger partial charge in [0.05, 0.1) is 31.1 Å². The van der Waals surface area contributed by atoms with E-state index >= 15 is 0 Å². The molecule has 0 aromatic carbocycles. The van der Waals surface area contributed by atoms with Crippen LogP contribution in [0.4, 0.5) is 11.5 Å². The molecule has 104 valence electrons. The minimum Gasteiger partial charge on any atom is -0.384 e. The Hall–Kier alpha value is -1.33. The first kappa shape index (κ1) is 12.7. The van der Waals surface area contributed by atoms with Gasteiger partial charge in [-0.15, -0.1) is 0 Å². The largest absolute Gasteiger partial charge is 0.384 e. The number of nitrogen functional groups attached to an aromatic ring is 1. The molecule has 2 atom stereocenters. The van der Waals surface area contributed by atoms with Crippen molar-refractivity contribution < 1.29 is 4.74 Å². The standard InChI is InChI=1S/C14H22N4O/c1-10-6-17(13-8-19-9-13)7-11(2)18(10)12-3-4-14(15)16-5-12/h3-5,10-11,13H,6-9H2,1-2H3,(H2,15,16). The summed E-state index contributed by atoms with van der Waals surface area (Å²) in [6, 6.07) is 5.53. The molecule has 0 aliphatic carbocycles. The van der Waals surface area contributed by atoms with Crippen LogP contribution in [0.5, 0.6) is 0 Å². The Morgan fingerprint density at radius 1 is 1.21 bits per heavy atom. The van der Waals surface area contributed by atoms with Crippen LogP contribution in [0, 0.1) is 0 Å². The Balaban J connectivity index is 1.74. The smallest absolute Gasteiger partial charge is 0.123 e. The van der Waals surface area contributed by atoms with Gasteiger partial charge in [-0.3, -0.25) is 4.90 Å². The number of nitrogens with zero attached hydrogens (tertiary/aromatic N) is 3.